The molecule has 2 aromatic rings. The Morgan fingerprint density at radius 3 is 3.00 bits per heavy atom. The minimum absolute atomic E-state index is 0.0390. The molecule has 0 bridgehead atoms. The fourth-order valence-corrected chi connectivity index (χ4v) is 2.71. The molecule has 100 valence electrons. The van der Waals surface area contributed by atoms with Crippen LogP contribution in [0.3, 0.4) is 0 Å². The molecule has 1 unspecified atom stereocenters. The molecule has 2 rings (SSSR count). The third kappa shape index (κ3) is 3.32. The lowest BCUT2D eigenvalue weighted by Crippen LogP contribution is -2.28. The van der Waals surface area contributed by atoms with Crippen molar-refractivity contribution in [1.29, 1.82) is 0 Å². The SMILES string of the molecule is CCCC(NC(=O)c1cnccc1N)c1cccs1. The van der Waals surface area contributed by atoms with Gasteiger partial charge in [-0.3, -0.25) is 9.78 Å². The highest BCUT2D eigenvalue weighted by Gasteiger charge is 2.17. The molecule has 0 aliphatic rings. The molecule has 1 amide bonds. The van der Waals surface area contributed by atoms with Crippen molar-refractivity contribution in [3.8, 4) is 0 Å². The van der Waals surface area contributed by atoms with Crippen LogP contribution in [-0.4, -0.2) is 10.9 Å². The zero-order valence-corrected chi connectivity index (χ0v) is 11.6. The molecule has 0 aromatic carbocycles. The number of carbonyl (C=O) groups is 1. The Kier molecular flexibility index (Phi) is 4.52. The van der Waals surface area contributed by atoms with Crippen LogP contribution in [0.4, 0.5) is 5.69 Å². The van der Waals surface area contributed by atoms with Crippen molar-refractivity contribution in [2.75, 3.05) is 5.73 Å². The number of rotatable bonds is 5. The molecule has 4 nitrogen and oxygen atoms in total. The number of hydrogen-bond acceptors (Lipinski definition) is 4. The Bertz CT molecular complexity index is 539. The molecule has 2 aromatic heterocycles. The van der Waals surface area contributed by atoms with Gasteiger partial charge in [0.1, 0.15) is 0 Å². The summed E-state index contributed by atoms with van der Waals surface area (Å²) in [4.78, 5) is 17.3. The number of carbonyl (C=O) groups excluding carboxylic acids is 1. The highest BCUT2D eigenvalue weighted by molar-refractivity contribution is 7.10. The molecule has 19 heavy (non-hydrogen) atoms. The second-order valence-electron chi connectivity index (χ2n) is 4.29. The molecule has 0 aliphatic heterocycles. The number of nitrogen functional groups attached to an aromatic ring is 1. The molecule has 0 spiro atoms. The van der Waals surface area contributed by atoms with Gasteiger partial charge in [-0.2, -0.15) is 0 Å². The van der Waals surface area contributed by atoms with Crippen LogP contribution in [0.2, 0.25) is 0 Å². The van der Waals surface area contributed by atoms with E-state index < -0.39 is 0 Å². The van der Waals surface area contributed by atoms with Gasteiger partial charge in [-0.1, -0.05) is 19.4 Å². The van der Waals surface area contributed by atoms with Crippen molar-refractivity contribution in [2.45, 2.75) is 25.8 Å². The number of thiophene rings is 1. The van der Waals surface area contributed by atoms with Crippen molar-refractivity contribution in [3.05, 3.63) is 46.4 Å². The molecule has 3 N–H and O–H groups in total. The second kappa shape index (κ2) is 6.33. The summed E-state index contributed by atoms with van der Waals surface area (Å²) in [5, 5.41) is 5.05. The van der Waals surface area contributed by atoms with Crippen LogP contribution in [0, 0.1) is 0 Å². The summed E-state index contributed by atoms with van der Waals surface area (Å²) >= 11 is 1.65. The second-order valence-corrected chi connectivity index (χ2v) is 5.27. The molecule has 0 radical (unpaired) electrons. The van der Waals surface area contributed by atoms with E-state index in [-0.39, 0.29) is 11.9 Å². The van der Waals surface area contributed by atoms with E-state index >= 15 is 0 Å². The third-order valence-electron chi connectivity index (χ3n) is 2.87. The van der Waals surface area contributed by atoms with E-state index in [0.717, 1.165) is 17.7 Å². The molecular formula is C14H17N3OS. The maximum atomic E-state index is 12.2. The Morgan fingerprint density at radius 1 is 1.53 bits per heavy atom. The van der Waals surface area contributed by atoms with Gasteiger partial charge in [-0.05, 0) is 23.9 Å². The van der Waals surface area contributed by atoms with Crippen molar-refractivity contribution >= 4 is 22.9 Å². The van der Waals surface area contributed by atoms with Crippen molar-refractivity contribution in [2.24, 2.45) is 0 Å². The van der Waals surface area contributed by atoms with Crippen LogP contribution < -0.4 is 11.1 Å². The van der Waals surface area contributed by atoms with E-state index in [9.17, 15) is 4.79 Å². The average molecular weight is 275 g/mol. The van der Waals surface area contributed by atoms with E-state index in [4.69, 9.17) is 5.73 Å². The zero-order valence-electron chi connectivity index (χ0n) is 10.8. The summed E-state index contributed by atoms with van der Waals surface area (Å²) in [5.41, 5.74) is 6.68. The quantitative estimate of drug-likeness (QED) is 0.881. The summed E-state index contributed by atoms with van der Waals surface area (Å²) < 4.78 is 0. The maximum Gasteiger partial charge on any atom is 0.255 e. The highest BCUT2D eigenvalue weighted by Crippen LogP contribution is 2.24. The summed E-state index contributed by atoms with van der Waals surface area (Å²) in [6.45, 7) is 2.10. The molecule has 0 saturated carbocycles. The zero-order chi connectivity index (χ0) is 13.7. The summed E-state index contributed by atoms with van der Waals surface area (Å²) in [6, 6.07) is 5.71. The minimum Gasteiger partial charge on any atom is -0.398 e. The summed E-state index contributed by atoms with van der Waals surface area (Å²) in [7, 11) is 0. The van der Waals surface area contributed by atoms with E-state index in [2.05, 4.69) is 17.2 Å². The number of nitrogens with zero attached hydrogens (tertiary/aromatic N) is 1. The number of pyridine rings is 1. The van der Waals surface area contributed by atoms with Gasteiger partial charge in [0, 0.05) is 23.0 Å². The first-order valence-electron chi connectivity index (χ1n) is 6.26. The smallest absolute Gasteiger partial charge is 0.255 e. The average Bonchev–Trinajstić information content (AvgIpc) is 2.92. The van der Waals surface area contributed by atoms with Gasteiger partial charge in [0.15, 0.2) is 0 Å². The van der Waals surface area contributed by atoms with Crippen LogP contribution in [0.25, 0.3) is 0 Å². The van der Waals surface area contributed by atoms with Crippen LogP contribution >= 0.6 is 11.3 Å². The molecule has 0 saturated heterocycles. The van der Waals surface area contributed by atoms with Crippen LogP contribution in [-0.2, 0) is 0 Å². The van der Waals surface area contributed by atoms with Crippen molar-refractivity contribution in [1.82, 2.24) is 10.3 Å². The lowest BCUT2D eigenvalue weighted by atomic mass is 10.1. The highest BCUT2D eigenvalue weighted by atomic mass is 32.1. The van der Waals surface area contributed by atoms with Gasteiger partial charge in [0.05, 0.1) is 11.6 Å². The van der Waals surface area contributed by atoms with E-state index in [1.807, 2.05) is 17.5 Å². The van der Waals surface area contributed by atoms with Gasteiger partial charge >= 0.3 is 0 Å². The first kappa shape index (κ1) is 13.5. The van der Waals surface area contributed by atoms with Crippen LogP contribution in [0.5, 0.6) is 0 Å². The fraction of sp³-hybridized carbons (Fsp3) is 0.286. The summed E-state index contributed by atoms with van der Waals surface area (Å²) in [6.07, 6.45) is 4.99. The molecule has 2 heterocycles. The molecular weight excluding hydrogens is 258 g/mol. The maximum absolute atomic E-state index is 12.2. The molecule has 1 atom stereocenters. The number of hydrogen-bond donors (Lipinski definition) is 2. The van der Waals surface area contributed by atoms with Crippen molar-refractivity contribution < 1.29 is 4.79 Å². The normalized spacial score (nSPS) is 12.1. The Labute approximate surface area is 116 Å². The van der Waals surface area contributed by atoms with Gasteiger partial charge < -0.3 is 11.1 Å². The van der Waals surface area contributed by atoms with Gasteiger partial charge in [0.2, 0.25) is 0 Å². The van der Waals surface area contributed by atoms with Gasteiger partial charge in [-0.15, -0.1) is 11.3 Å². The topological polar surface area (TPSA) is 68.0 Å². The monoisotopic (exact) mass is 275 g/mol. The summed E-state index contributed by atoms with van der Waals surface area (Å²) in [5.74, 6) is -0.169. The van der Waals surface area contributed by atoms with Crippen LogP contribution in [0.1, 0.15) is 41.0 Å². The minimum atomic E-state index is -0.169. The number of amides is 1. The largest absolute Gasteiger partial charge is 0.398 e. The standard InChI is InChI=1S/C14H17N3OS/c1-2-4-12(13-5-3-8-19-13)17-14(18)10-9-16-7-6-11(10)15/h3,5-9,12H,2,4H2,1H3,(H2,15,16)(H,17,18). The van der Waals surface area contributed by atoms with Gasteiger partial charge in [0.25, 0.3) is 5.91 Å². The predicted molar refractivity (Wildman–Crippen MR) is 78.1 cm³/mol. The molecule has 5 heteroatoms. The van der Waals surface area contributed by atoms with Gasteiger partial charge in [-0.25, -0.2) is 0 Å². The van der Waals surface area contributed by atoms with E-state index in [1.54, 1.807) is 23.6 Å². The number of nitrogens with two attached hydrogens (primary N) is 1. The Hall–Kier alpha value is -1.88. The first-order valence-corrected chi connectivity index (χ1v) is 7.14. The fourth-order valence-electron chi connectivity index (χ4n) is 1.89. The third-order valence-corrected chi connectivity index (χ3v) is 3.85. The predicted octanol–water partition coefficient (Wildman–Crippen LogP) is 3.00. The molecule has 0 aliphatic carbocycles. The molecule has 0 fully saturated rings. The van der Waals surface area contributed by atoms with E-state index in [1.165, 1.54) is 6.20 Å². The number of nitrogens with one attached hydrogen (secondary N) is 1. The Balaban J connectivity index is 2.14. The lowest BCUT2D eigenvalue weighted by Gasteiger charge is -2.17. The first-order chi connectivity index (χ1) is 9.22. The number of anilines is 1. The lowest BCUT2D eigenvalue weighted by molar-refractivity contribution is 0.0936. The van der Waals surface area contributed by atoms with Crippen LogP contribution in [0.15, 0.2) is 36.0 Å². The number of aromatic nitrogens is 1. The Morgan fingerprint density at radius 2 is 2.37 bits per heavy atom. The van der Waals surface area contributed by atoms with E-state index in [0.29, 0.717) is 11.3 Å². The van der Waals surface area contributed by atoms with Crippen molar-refractivity contribution in [3.63, 3.8) is 0 Å².